The van der Waals surface area contributed by atoms with E-state index in [1.54, 1.807) is 12.3 Å². The van der Waals surface area contributed by atoms with Crippen molar-refractivity contribution in [2.24, 2.45) is 0 Å². The third-order valence-electron chi connectivity index (χ3n) is 3.93. The summed E-state index contributed by atoms with van der Waals surface area (Å²) in [5.74, 6) is -0.0448. The van der Waals surface area contributed by atoms with Gasteiger partial charge in [-0.1, -0.05) is 0 Å². The largest absolute Gasteiger partial charge is 0.369 e. The Labute approximate surface area is 130 Å². The van der Waals surface area contributed by atoms with Gasteiger partial charge in [0.05, 0.1) is 6.42 Å². The second-order valence-corrected chi connectivity index (χ2v) is 5.64. The molecule has 6 heteroatoms. The summed E-state index contributed by atoms with van der Waals surface area (Å²) in [5, 5.41) is 9.53. The fourth-order valence-corrected chi connectivity index (χ4v) is 2.58. The average molecular weight is 299 g/mol. The van der Waals surface area contributed by atoms with Gasteiger partial charge in [0.2, 0.25) is 5.91 Å². The minimum absolute atomic E-state index is 0.0448. The molecule has 3 rings (SSSR count). The molecule has 2 heterocycles. The van der Waals surface area contributed by atoms with Crippen molar-refractivity contribution in [1.29, 1.82) is 0 Å². The lowest BCUT2D eigenvalue weighted by Crippen LogP contribution is -2.44. The number of carbonyl (C=O) groups is 1. The minimum atomic E-state index is -0.0448. The molecule has 0 radical (unpaired) electrons. The molecule has 1 amide bonds. The van der Waals surface area contributed by atoms with Gasteiger partial charge >= 0.3 is 0 Å². The molecule has 0 unspecified atom stereocenters. The van der Waals surface area contributed by atoms with E-state index in [-0.39, 0.29) is 5.91 Å². The fraction of sp³-hybridized carbons (Fsp3) is 0.375. The fourth-order valence-electron chi connectivity index (χ4n) is 2.58. The first-order valence-corrected chi connectivity index (χ1v) is 7.52. The summed E-state index contributed by atoms with van der Waals surface area (Å²) in [4.78, 5) is 16.6. The van der Waals surface area contributed by atoms with Crippen LogP contribution in [0.3, 0.4) is 0 Å². The molecule has 6 nitrogen and oxygen atoms in total. The van der Waals surface area contributed by atoms with Gasteiger partial charge in [-0.25, -0.2) is 0 Å². The number of hydrogen-bond acceptors (Lipinski definition) is 4. The van der Waals surface area contributed by atoms with Crippen molar-refractivity contribution in [2.75, 3.05) is 43.4 Å². The molecule has 1 aromatic heterocycles. The van der Waals surface area contributed by atoms with Crippen molar-refractivity contribution in [3.8, 4) is 0 Å². The monoisotopic (exact) mass is 299 g/mol. The zero-order valence-electron chi connectivity index (χ0n) is 12.7. The first-order chi connectivity index (χ1) is 10.7. The van der Waals surface area contributed by atoms with Gasteiger partial charge in [0.25, 0.3) is 0 Å². The maximum absolute atomic E-state index is 11.9. The van der Waals surface area contributed by atoms with Crippen LogP contribution in [0.4, 0.5) is 11.4 Å². The third-order valence-corrected chi connectivity index (χ3v) is 3.93. The molecule has 22 heavy (non-hydrogen) atoms. The second-order valence-electron chi connectivity index (χ2n) is 5.64. The summed E-state index contributed by atoms with van der Waals surface area (Å²) in [7, 11) is 2.15. The highest BCUT2D eigenvalue weighted by atomic mass is 16.1. The molecular formula is C16H21N5O. The molecule has 2 aromatic rings. The van der Waals surface area contributed by atoms with Crippen LogP contribution in [0.25, 0.3) is 0 Å². The molecule has 0 bridgehead atoms. The van der Waals surface area contributed by atoms with Crippen LogP contribution in [0.5, 0.6) is 0 Å². The van der Waals surface area contributed by atoms with Crippen molar-refractivity contribution in [2.45, 2.75) is 6.42 Å². The topological polar surface area (TPSA) is 64.3 Å². The SMILES string of the molecule is CN1CCN(c2ccc(NC(=O)Cc3ccn[nH]3)cc2)CC1. The summed E-state index contributed by atoms with van der Waals surface area (Å²) in [6, 6.07) is 9.85. The van der Waals surface area contributed by atoms with Crippen LogP contribution < -0.4 is 10.2 Å². The van der Waals surface area contributed by atoms with Crippen molar-refractivity contribution in [3.05, 3.63) is 42.2 Å². The van der Waals surface area contributed by atoms with E-state index in [2.05, 4.69) is 44.5 Å². The first-order valence-electron chi connectivity index (χ1n) is 7.52. The van der Waals surface area contributed by atoms with E-state index >= 15 is 0 Å². The van der Waals surface area contributed by atoms with E-state index in [0.717, 1.165) is 37.6 Å². The summed E-state index contributed by atoms with van der Waals surface area (Å²) in [5.41, 5.74) is 2.84. The number of benzene rings is 1. The van der Waals surface area contributed by atoms with Gasteiger partial charge < -0.3 is 15.1 Å². The van der Waals surface area contributed by atoms with Crippen LogP contribution >= 0.6 is 0 Å². The van der Waals surface area contributed by atoms with Crippen molar-refractivity contribution in [1.82, 2.24) is 15.1 Å². The normalized spacial score (nSPS) is 15.8. The van der Waals surface area contributed by atoms with Gasteiger partial charge in [0.15, 0.2) is 0 Å². The Balaban J connectivity index is 1.56. The van der Waals surface area contributed by atoms with Crippen molar-refractivity contribution >= 4 is 17.3 Å². The summed E-state index contributed by atoms with van der Waals surface area (Å²) in [6.45, 7) is 4.26. The van der Waals surface area contributed by atoms with Crippen LogP contribution in [0.1, 0.15) is 5.69 Å². The lowest BCUT2D eigenvalue weighted by atomic mass is 10.2. The molecule has 1 saturated heterocycles. The Bertz CT molecular complexity index is 600. The van der Waals surface area contributed by atoms with E-state index in [1.807, 2.05) is 12.1 Å². The number of hydrogen-bond donors (Lipinski definition) is 2. The molecule has 1 aliphatic rings. The number of piperazine rings is 1. The highest BCUT2D eigenvalue weighted by molar-refractivity contribution is 5.92. The van der Waals surface area contributed by atoms with Crippen molar-refractivity contribution in [3.63, 3.8) is 0 Å². The van der Waals surface area contributed by atoms with Crippen LogP contribution in [0, 0.1) is 0 Å². The van der Waals surface area contributed by atoms with Gasteiger partial charge in [-0.3, -0.25) is 9.89 Å². The summed E-state index contributed by atoms with van der Waals surface area (Å²) < 4.78 is 0. The van der Waals surface area contributed by atoms with Crippen molar-refractivity contribution < 1.29 is 4.79 Å². The molecule has 1 fully saturated rings. The van der Waals surface area contributed by atoms with Gasteiger partial charge in [-0.15, -0.1) is 0 Å². The number of carbonyl (C=O) groups excluding carboxylic acids is 1. The lowest BCUT2D eigenvalue weighted by Gasteiger charge is -2.34. The molecule has 0 spiro atoms. The molecule has 1 aromatic carbocycles. The number of rotatable bonds is 4. The summed E-state index contributed by atoms with van der Waals surface area (Å²) >= 11 is 0. The van der Waals surface area contributed by atoms with Crippen LogP contribution in [0.2, 0.25) is 0 Å². The first kappa shape index (κ1) is 14.6. The Hall–Kier alpha value is -2.34. The lowest BCUT2D eigenvalue weighted by molar-refractivity contribution is -0.115. The van der Waals surface area contributed by atoms with Crippen LogP contribution in [-0.4, -0.2) is 54.2 Å². The number of nitrogens with zero attached hydrogens (tertiary/aromatic N) is 3. The van der Waals surface area contributed by atoms with Gasteiger partial charge in [-0.05, 0) is 37.4 Å². The number of likely N-dealkylation sites (N-methyl/N-ethyl adjacent to an activating group) is 1. The maximum Gasteiger partial charge on any atom is 0.230 e. The van der Waals surface area contributed by atoms with E-state index in [1.165, 1.54) is 5.69 Å². The maximum atomic E-state index is 11.9. The molecule has 0 atom stereocenters. The van der Waals surface area contributed by atoms with E-state index in [0.29, 0.717) is 6.42 Å². The van der Waals surface area contributed by atoms with Gasteiger partial charge in [0.1, 0.15) is 0 Å². The third kappa shape index (κ3) is 3.65. The quantitative estimate of drug-likeness (QED) is 0.894. The Morgan fingerprint density at radius 1 is 1.18 bits per heavy atom. The Morgan fingerprint density at radius 2 is 1.91 bits per heavy atom. The number of aromatic nitrogens is 2. The van der Waals surface area contributed by atoms with Gasteiger partial charge in [0, 0.05) is 49.4 Å². The summed E-state index contributed by atoms with van der Waals surface area (Å²) in [6.07, 6.45) is 1.95. The molecule has 0 aliphatic carbocycles. The smallest absolute Gasteiger partial charge is 0.230 e. The standard InChI is InChI=1S/C16H21N5O/c1-20-8-10-21(11-9-20)15-4-2-13(3-5-15)18-16(22)12-14-6-7-17-19-14/h2-7H,8-12H2,1H3,(H,17,19)(H,18,22). The molecule has 116 valence electrons. The number of anilines is 2. The van der Waals surface area contributed by atoms with Gasteiger partial charge in [-0.2, -0.15) is 5.10 Å². The number of amides is 1. The zero-order chi connectivity index (χ0) is 15.4. The molecular weight excluding hydrogens is 278 g/mol. The molecule has 0 saturated carbocycles. The van der Waals surface area contributed by atoms with E-state index in [4.69, 9.17) is 0 Å². The predicted molar refractivity (Wildman–Crippen MR) is 87.1 cm³/mol. The number of nitrogens with one attached hydrogen (secondary N) is 2. The average Bonchev–Trinajstić information content (AvgIpc) is 3.02. The molecule has 2 N–H and O–H groups in total. The highest BCUT2D eigenvalue weighted by Gasteiger charge is 2.14. The Morgan fingerprint density at radius 3 is 2.55 bits per heavy atom. The highest BCUT2D eigenvalue weighted by Crippen LogP contribution is 2.19. The van der Waals surface area contributed by atoms with Crippen LogP contribution in [0.15, 0.2) is 36.5 Å². The Kier molecular flexibility index (Phi) is 4.39. The second kappa shape index (κ2) is 6.62. The molecule has 1 aliphatic heterocycles. The predicted octanol–water partition coefficient (Wildman–Crippen LogP) is 1.34. The van der Waals surface area contributed by atoms with E-state index < -0.39 is 0 Å². The van der Waals surface area contributed by atoms with Crippen LogP contribution in [-0.2, 0) is 11.2 Å². The van der Waals surface area contributed by atoms with E-state index in [9.17, 15) is 4.79 Å². The number of aromatic amines is 1. The zero-order valence-corrected chi connectivity index (χ0v) is 12.7. The minimum Gasteiger partial charge on any atom is -0.369 e. The number of H-pyrrole nitrogens is 1.